The molecule has 8 heteroatoms. The van der Waals surface area contributed by atoms with Gasteiger partial charge in [-0.05, 0) is 29.6 Å². The van der Waals surface area contributed by atoms with Crippen LogP contribution in [0.1, 0.15) is 15.4 Å². The molecule has 3 aromatic rings. The predicted molar refractivity (Wildman–Crippen MR) is 112 cm³/mol. The lowest BCUT2D eigenvalue weighted by Gasteiger charge is -2.20. The van der Waals surface area contributed by atoms with E-state index in [-0.39, 0.29) is 5.91 Å². The molecule has 0 aliphatic heterocycles. The first-order chi connectivity index (χ1) is 13.7. The van der Waals surface area contributed by atoms with Crippen molar-refractivity contribution in [2.75, 3.05) is 34.5 Å². The molecule has 0 saturated carbocycles. The van der Waals surface area contributed by atoms with Crippen molar-refractivity contribution in [3.63, 3.8) is 0 Å². The van der Waals surface area contributed by atoms with E-state index in [1.807, 2.05) is 35.7 Å². The fourth-order valence-corrected chi connectivity index (χ4v) is 4.19. The van der Waals surface area contributed by atoms with E-state index in [0.717, 1.165) is 15.4 Å². The van der Waals surface area contributed by atoms with Gasteiger partial charge in [-0.2, -0.15) is 0 Å². The SMILES string of the molecule is COCCN(Cc1cccs1)C(=O)c1csc(-c2ccc(OC)c(OC)c2)n1. The monoisotopic (exact) mass is 418 g/mol. The van der Waals surface area contributed by atoms with Gasteiger partial charge in [0.1, 0.15) is 10.7 Å². The number of carbonyl (C=O) groups excluding carboxylic acids is 1. The lowest BCUT2D eigenvalue weighted by molar-refractivity contribution is 0.0677. The maximum Gasteiger partial charge on any atom is 0.273 e. The van der Waals surface area contributed by atoms with Crippen LogP contribution in [-0.2, 0) is 11.3 Å². The maximum atomic E-state index is 13.0. The smallest absolute Gasteiger partial charge is 0.273 e. The maximum absolute atomic E-state index is 13.0. The number of carbonyl (C=O) groups is 1. The molecule has 0 unspecified atom stereocenters. The second kappa shape index (κ2) is 9.68. The van der Waals surface area contributed by atoms with Crippen molar-refractivity contribution in [1.82, 2.24) is 9.88 Å². The van der Waals surface area contributed by atoms with Crippen LogP contribution < -0.4 is 9.47 Å². The Kier molecular flexibility index (Phi) is 7.02. The summed E-state index contributed by atoms with van der Waals surface area (Å²) >= 11 is 3.06. The summed E-state index contributed by atoms with van der Waals surface area (Å²) in [6, 6.07) is 9.60. The molecule has 0 spiro atoms. The fraction of sp³-hybridized carbons (Fsp3) is 0.300. The Labute approximate surface area is 172 Å². The number of methoxy groups -OCH3 is 3. The molecular weight excluding hydrogens is 396 g/mol. The molecule has 1 amide bonds. The van der Waals surface area contributed by atoms with Gasteiger partial charge >= 0.3 is 0 Å². The molecule has 0 aliphatic rings. The second-order valence-electron chi connectivity index (χ2n) is 5.91. The minimum atomic E-state index is -0.103. The van der Waals surface area contributed by atoms with Gasteiger partial charge in [0.25, 0.3) is 5.91 Å². The zero-order valence-corrected chi connectivity index (χ0v) is 17.6. The molecule has 148 valence electrons. The molecule has 2 heterocycles. The normalized spacial score (nSPS) is 10.7. The first kappa shape index (κ1) is 20.3. The van der Waals surface area contributed by atoms with Gasteiger partial charge in [0.2, 0.25) is 0 Å². The van der Waals surface area contributed by atoms with Crippen LogP contribution in [0.15, 0.2) is 41.1 Å². The molecule has 2 aromatic heterocycles. The highest BCUT2D eigenvalue weighted by Crippen LogP contribution is 2.33. The largest absolute Gasteiger partial charge is 0.493 e. The second-order valence-corrected chi connectivity index (χ2v) is 7.80. The van der Waals surface area contributed by atoms with Crippen molar-refractivity contribution in [2.45, 2.75) is 6.54 Å². The van der Waals surface area contributed by atoms with E-state index in [4.69, 9.17) is 14.2 Å². The van der Waals surface area contributed by atoms with Gasteiger partial charge in [-0.15, -0.1) is 22.7 Å². The molecule has 1 aromatic carbocycles. The summed E-state index contributed by atoms with van der Waals surface area (Å²) < 4.78 is 15.8. The zero-order chi connectivity index (χ0) is 19.9. The van der Waals surface area contributed by atoms with Crippen molar-refractivity contribution in [2.24, 2.45) is 0 Å². The van der Waals surface area contributed by atoms with Gasteiger partial charge in [0.05, 0.1) is 27.4 Å². The molecule has 3 rings (SSSR count). The quantitative estimate of drug-likeness (QED) is 0.522. The van der Waals surface area contributed by atoms with Crippen molar-refractivity contribution >= 4 is 28.6 Å². The molecule has 0 radical (unpaired) electrons. The molecular formula is C20H22N2O4S2. The zero-order valence-electron chi connectivity index (χ0n) is 16.0. The lowest BCUT2D eigenvalue weighted by Crippen LogP contribution is -2.33. The Hall–Kier alpha value is -2.42. The van der Waals surface area contributed by atoms with Crippen LogP contribution in [0, 0.1) is 0 Å². The Balaban J connectivity index is 1.81. The molecule has 0 atom stereocenters. The van der Waals surface area contributed by atoms with E-state index >= 15 is 0 Å². The molecule has 0 fully saturated rings. The molecule has 0 bridgehead atoms. The molecule has 28 heavy (non-hydrogen) atoms. The van der Waals surface area contributed by atoms with Crippen LogP contribution in [0.25, 0.3) is 10.6 Å². The van der Waals surface area contributed by atoms with Crippen LogP contribution in [0.3, 0.4) is 0 Å². The standard InChI is InChI=1S/C20H22N2O4S2/c1-24-9-8-22(12-15-5-4-10-27-15)20(23)16-13-28-19(21-16)14-6-7-17(25-2)18(11-14)26-3/h4-7,10-11,13H,8-9,12H2,1-3H3. The first-order valence-electron chi connectivity index (χ1n) is 8.64. The Morgan fingerprint density at radius 1 is 1.11 bits per heavy atom. The highest BCUT2D eigenvalue weighted by Gasteiger charge is 2.20. The van der Waals surface area contributed by atoms with Gasteiger partial charge < -0.3 is 19.1 Å². The van der Waals surface area contributed by atoms with Crippen LogP contribution in [-0.4, -0.2) is 50.3 Å². The van der Waals surface area contributed by atoms with Gasteiger partial charge in [-0.25, -0.2) is 4.98 Å². The van der Waals surface area contributed by atoms with E-state index in [9.17, 15) is 4.79 Å². The summed E-state index contributed by atoms with van der Waals surface area (Å²) in [5.74, 6) is 1.18. The van der Waals surface area contributed by atoms with Crippen LogP contribution in [0.4, 0.5) is 0 Å². The highest BCUT2D eigenvalue weighted by molar-refractivity contribution is 7.13. The van der Waals surface area contributed by atoms with E-state index in [1.165, 1.54) is 11.3 Å². The van der Waals surface area contributed by atoms with E-state index in [0.29, 0.717) is 36.9 Å². The number of ether oxygens (including phenoxy) is 3. The van der Waals surface area contributed by atoms with Gasteiger partial charge in [-0.1, -0.05) is 6.07 Å². The van der Waals surface area contributed by atoms with Crippen molar-refractivity contribution < 1.29 is 19.0 Å². The lowest BCUT2D eigenvalue weighted by atomic mass is 10.2. The fourth-order valence-electron chi connectivity index (χ4n) is 2.68. The summed E-state index contributed by atoms with van der Waals surface area (Å²) in [7, 11) is 4.82. The van der Waals surface area contributed by atoms with Gasteiger partial charge in [0.15, 0.2) is 11.5 Å². The summed E-state index contributed by atoms with van der Waals surface area (Å²) in [5.41, 5.74) is 1.31. The summed E-state index contributed by atoms with van der Waals surface area (Å²) in [5, 5.41) is 4.56. The number of aromatic nitrogens is 1. The Morgan fingerprint density at radius 3 is 2.61 bits per heavy atom. The van der Waals surface area contributed by atoms with E-state index in [1.54, 1.807) is 42.9 Å². The van der Waals surface area contributed by atoms with Crippen molar-refractivity contribution in [3.8, 4) is 22.1 Å². The van der Waals surface area contributed by atoms with E-state index in [2.05, 4.69) is 4.98 Å². The minimum absolute atomic E-state index is 0.103. The van der Waals surface area contributed by atoms with Crippen LogP contribution in [0.5, 0.6) is 11.5 Å². The average molecular weight is 419 g/mol. The number of hydrogen-bond donors (Lipinski definition) is 0. The third-order valence-electron chi connectivity index (χ3n) is 4.13. The number of benzene rings is 1. The number of thiazole rings is 1. The Bertz CT molecular complexity index is 909. The molecule has 0 N–H and O–H groups in total. The van der Waals surface area contributed by atoms with Crippen LogP contribution >= 0.6 is 22.7 Å². The Morgan fingerprint density at radius 2 is 1.93 bits per heavy atom. The highest BCUT2D eigenvalue weighted by atomic mass is 32.1. The van der Waals surface area contributed by atoms with Gasteiger partial charge in [-0.3, -0.25) is 4.79 Å². The predicted octanol–water partition coefficient (Wildman–Crippen LogP) is 4.18. The number of hydrogen-bond acceptors (Lipinski definition) is 7. The summed E-state index contributed by atoms with van der Waals surface area (Å²) in [6.07, 6.45) is 0. The van der Waals surface area contributed by atoms with Crippen molar-refractivity contribution in [1.29, 1.82) is 0 Å². The molecule has 0 saturated heterocycles. The first-order valence-corrected chi connectivity index (χ1v) is 10.4. The van der Waals surface area contributed by atoms with E-state index < -0.39 is 0 Å². The molecule has 6 nitrogen and oxygen atoms in total. The van der Waals surface area contributed by atoms with Crippen LogP contribution in [0.2, 0.25) is 0 Å². The number of amides is 1. The number of thiophene rings is 1. The summed E-state index contributed by atoms with van der Waals surface area (Å²) in [4.78, 5) is 20.5. The van der Waals surface area contributed by atoms with Crippen molar-refractivity contribution in [3.05, 3.63) is 51.7 Å². The minimum Gasteiger partial charge on any atom is -0.493 e. The van der Waals surface area contributed by atoms with Gasteiger partial charge in [0, 0.05) is 29.5 Å². The molecule has 0 aliphatic carbocycles. The third kappa shape index (κ3) is 4.70. The number of nitrogens with zero attached hydrogens (tertiary/aromatic N) is 2. The third-order valence-corrected chi connectivity index (χ3v) is 5.89. The number of rotatable bonds is 9. The summed E-state index contributed by atoms with van der Waals surface area (Å²) in [6.45, 7) is 1.53. The topological polar surface area (TPSA) is 60.9 Å². The average Bonchev–Trinajstić information content (AvgIpc) is 3.42.